The summed E-state index contributed by atoms with van der Waals surface area (Å²) in [4.78, 5) is 40.5. The second-order valence-electron chi connectivity index (χ2n) is 5.83. The standard InChI is InChI=1S/C16H17ClN4O4/c1-8-18-9-3-2-4-10(19-13(23)7-17)14(9)16(25)21(8)11-5-6-12(22)20-15(11)24/h2-4,11,15,24H,5-7H2,1H3,(H,19,23)(H,20,22). The smallest absolute Gasteiger partial charge is 0.263 e. The number of fused-ring (bicyclic) bond motifs is 1. The molecule has 1 aliphatic rings. The molecular weight excluding hydrogens is 348 g/mol. The van der Waals surface area contributed by atoms with Gasteiger partial charge in [0.25, 0.3) is 5.56 Å². The first-order chi connectivity index (χ1) is 11.9. The molecule has 0 bridgehead atoms. The Morgan fingerprint density at radius 1 is 1.48 bits per heavy atom. The first kappa shape index (κ1) is 17.4. The van der Waals surface area contributed by atoms with E-state index < -0.39 is 23.7 Å². The summed E-state index contributed by atoms with van der Waals surface area (Å²) in [5.41, 5.74) is 0.345. The molecule has 3 N–H and O–H groups in total. The number of amides is 2. The van der Waals surface area contributed by atoms with Gasteiger partial charge in [-0.1, -0.05) is 6.07 Å². The highest BCUT2D eigenvalue weighted by molar-refractivity contribution is 6.29. The predicted molar refractivity (Wildman–Crippen MR) is 92.5 cm³/mol. The molecule has 2 aromatic rings. The summed E-state index contributed by atoms with van der Waals surface area (Å²) in [7, 11) is 0. The van der Waals surface area contributed by atoms with Gasteiger partial charge in [-0.25, -0.2) is 4.98 Å². The molecule has 2 unspecified atom stereocenters. The van der Waals surface area contributed by atoms with Crippen molar-refractivity contribution in [2.75, 3.05) is 11.2 Å². The molecule has 0 radical (unpaired) electrons. The average Bonchev–Trinajstić information content (AvgIpc) is 2.56. The van der Waals surface area contributed by atoms with Crippen molar-refractivity contribution in [2.24, 2.45) is 0 Å². The maximum absolute atomic E-state index is 13.1. The molecule has 1 aliphatic heterocycles. The number of nitrogens with one attached hydrogen (secondary N) is 2. The number of benzene rings is 1. The Bertz CT molecular complexity index is 911. The number of aliphatic hydroxyl groups excluding tert-OH is 1. The van der Waals surface area contributed by atoms with E-state index >= 15 is 0 Å². The van der Waals surface area contributed by atoms with Gasteiger partial charge in [0, 0.05) is 6.42 Å². The molecule has 132 valence electrons. The van der Waals surface area contributed by atoms with Crippen LogP contribution < -0.4 is 16.2 Å². The zero-order chi connectivity index (χ0) is 18.1. The number of aliphatic hydroxyl groups is 1. The molecule has 0 aliphatic carbocycles. The minimum Gasteiger partial charge on any atom is -0.372 e. The van der Waals surface area contributed by atoms with Gasteiger partial charge < -0.3 is 15.7 Å². The van der Waals surface area contributed by atoms with Crippen LogP contribution in [0.5, 0.6) is 0 Å². The summed E-state index contributed by atoms with van der Waals surface area (Å²) in [5.74, 6) is -0.528. The lowest BCUT2D eigenvalue weighted by atomic mass is 10.0. The first-order valence-electron chi connectivity index (χ1n) is 7.77. The van der Waals surface area contributed by atoms with E-state index in [-0.39, 0.29) is 23.6 Å². The lowest BCUT2D eigenvalue weighted by Crippen LogP contribution is -2.48. The summed E-state index contributed by atoms with van der Waals surface area (Å²) in [6, 6.07) is 4.31. The molecule has 9 heteroatoms. The van der Waals surface area contributed by atoms with Gasteiger partial charge in [0.2, 0.25) is 11.8 Å². The fourth-order valence-corrected chi connectivity index (χ4v) is 3.14. The van der Waals surface area contributed by atoms with Crippen LogP contribution in [0.1, 0.15) is 24.7 Å². The molecular formula is C16H17ClN4O4. The van der Waals surface area contributed by atoms with Gasteiger partial charge in [-0.05, 0) is 25.5 Å². The van der Waals surface area contributed by atoms with Gasteiger partial charge in [0.1, 0.15) is 17.9 Å². The van der Waals surface area contributed by atoms with Gasteiger partial charge in [-0.3, -0.25) is 19.0 Å². The lowest BCUT2D eigenvalue weighted by Gasteiger charge is -2.31. The van der Waals surface area contributed by atoms with Gasteiger partial charge in [0.05, 0.1) is 22.6 Å². The molecule has 25 heavy (non-hydrogen) atoms. The number of rotatable bonds is 3. The highest BCUT2D eigenvalue weighted by atomic mass is 35.5. The highest BCUT2D eigenvalue weighted by Gasteiger charge is 2.31. The van der Waals surface area contributed by atoms with Crippen LogP contribution in [0.4, 0.5) is 5.69 Å². The molecule has 1 aromatic heterocycles. The largest absolute Gasteiger partial charge is 0.372 e. The number of hydrogen-bond acceptors (Lipinski definition) is 5. The first-order valence-corrected chi connectivity index (χ1v) is 8.31. The summed E-state index contributed by atoms with van der Waals surface area (Å²) in [5, 5.41) is 15.4. The monoisotopic (exact) mass is 364 g/mol. The van der Waals surface area contributed by atoms with E-state index in [1.165, 1.54) is 4.57 Å². The summed E-state index contributed by atoms with van der Waals surface area (Å²) < 4.78 is 1.36. The normalized spacial score (nSPS) is 20.4. The molecule has 2 amide bonds. The van der Waals surface area contributed by atoms with Crippen LogP contribution in [0.3, 0.4) is 0 Å². The SMILES string of the molecule is Cc1nc2cccc(NC(=O)CCl)c2c(=O)n1C1CCC(=O)NC1O. The minimum absolute atomic E-state index is 0.205. The van der Waals surface area contributed by atoms with Crippen LogP contribution in [0.2, 0.25) is 0 Å². The van der Waals surface area contributed by atoms with E-state index in [4.69, 9.17) is 11.6 Å². The average molecular weight is 365 g/mol. The Kier molecular flexibility index (Phi) is 4.73. The van der Waals surface area contributed by atoms with Crippen molar-refractivity contribution in [1.29, 1.82) is 0 Å². The number of alkyl halides is 1. The van der Waals surface area contributed by atoms with E-state index in [1.807, 2.05) is 0 Å². The predicted octanol–water partition coefficient (Wildman–Crippen LogP) is 0.652. The Labute approximate surface area is 147 Å². The van der Waals surface area contributed by atoms with E-state index in [0.717, 1.165) is 0 Å². The molecule has 1 saturated heterocycles. The molecule has 0 spiro atoms. The molecule has 1 aromatic carbocycles. The quantitative estimate of drug-likeness (QED) is 0.692. The Morgan fingerprint density at radius 3 is 2.92 bits per heavy atom. The molecule has 3 rings (SSSR count). The minimum atomic E-state index is -1.18. The van der Waals surface area contributed by atoms with Crippen molar-refractivity contribution in [3.8, 4) is 0 Å². The van der Waals surface area contributed by atoms with Crippen molar-refractivity contribution in [3.63, 3.8) is 0 Å². The number of piperidine rings is 1. The third-order valence-corrected chi connectivity index (χ3v) is 4.42. The van der Waals surface area contributed by atoms with E-state index in [2.05, 4.69) is 15.6 Å². The van der Waals surface area contributed by atoms with E-state index in [0.29, 0.717) is 23.4 Å². The summed E-state index contributed by atoms with van der Waals surface area (Å²) >= 11 is 5.52. The Morgan fingerprint density at radius 2 is 2.24 bits per heavy atom. The third kappa shape index (κ3) is 3.22. The lowest BCUT2D eigenvalue weighted by molar-refractivity contribution is -0.128. The van der Waals surface area contributed by atoms with Crippen molar-refractivity contribution in [2.45, 2.75) is 32.0 Å². The molecule has 2 heterocycles. The number of carbonyl (C=O) groups is 2. The number of anilines is 1. The van der Waals surface area contributed by atoms with Gasteiger partial charge in [-0.2, -0.15) is 0 Å². The molecule has 2 atom stereocenters. The van der Waals surface area contributed by atoms with Crippen molar-refractivity contribution < 1.29 is 14.7 Å². The number of nitrogens with zero attached hydrogens (tertiary/aromatic N) is 2. The number of hydrogen-bond donors (Lipinski definition) is 3. The second kappa shape index (κ2) is 6.81. The van der Waals surface area contributed by atoms with Gasteiger partial charge in [-0.15, -0.1) is 11.6 Å². The van der Waals surface area contributed by atoms with Crippen LogP contribution in [-0.4, -0.2) is 38.6 Å². The number of aryl methyl sites for hydroxylation is 1. The van der Waals surface area contributed by atoms with Crippen LogP contribution in [0.15, 0.2) is 23.0 Å². The highest BCUT2D eigenvalue weighted by Crippen LogP contribution is 2.24. The van der Waals surface area contributed by atoms with Gasteiger partial charge >= 0.3 is 0 Å². The van der Waals surface area contributed by atoms with Gasteiger partial charge in [0.15, 0.2) is 0 Å². The van der Waals surface area contributed by atoms with E-state index in [9.17, 15) is 19.5 Å². The molecule has 1 fully saturated rings. The van der Waals surface area contributed by atoms with Crippen LogP contribution in [0, 0.1) is 6.92 Å². The number of aromatic nitrogens is 2. The Balaban J connectivity index is 2.17. The zero-order valence-corrected chi connectivity index (χ0v) is 14.2. The summed E-state index contributed by atoms with van der Waals surface area (Å²) in [6.45, 7) is 1.66. The van der Waals surface area contributed by atoms with Crippen LogP contribution in [0.25, 0.3) is 10.9 Å². The third-order valence-electron chi connectivity index (χ3n) is 4.17. The zero-order valence-electron chi connectivity index (χ0n) is 13.5. The van der Waals surface area contributed by atoms with E-state index in [1.54, 1.807) is 25.1 Å². The number of carbonyl (C=O) groups excluding carboxylic acids is 2. The topological polar surface area (TPSA) is 113 Å². The van der Waals surface area contributed by atoms with Crippen molar-refractivity contribution in [1.82, 2.24) is 14.9 Å². The fraction of sp³-hybridized carbons (Fsp3) is 0.375. The molecule has 0 saturated carbocycles. The summed E-state index contributed by atoms with van der Waals surface area (Å²) in [6.07, 6.45) is -0.658. The fourth-order valence-electron chi connectivity index (χ4n) is 3.07. The second-order valence-corrected chi connectivity index (χ2v) is 6.10. The van der Waals surface area contributed by atoms with Crippen LogP contribution >= 0.6 is 11.6 Å². The van der Waals surface area contributed by atoms with Crippen molar-refractivity contribution >= 4 is 40.0 Å². The number of halogens is 1. The van der Waals surface area contributed by atoms with Crippen molar-refractivity contribution in [3.05, 3.63) is 34.4 Å². The molecule has 8 nitrogen and oxygen atoms in total. The maximum atomic E-state index is 13.1. The Hall–Kier alpha value is -2.45. The maximum Gasteiger partial charge on any atom is 0.263 e. The van der Waals surface area contributed by atoms with Crippen LogP contribution in [-0.2, 0) is 9.59 Å².